The molecule has 6 heteroatoms. The molecular weight excluding hydrogens is 238 g/mol. The third-order valence-electron chi connectivity index (χ3n) is 2.48. The minimum atomic E-state index is -0.730. The summed E-state index contributed by atoms with van der Waals surface area (Å²) >= 11 is 1.42. The molecule has 1 N–H and O–H groups in total. The predicted octanol–water partition coefficient (Wildman–Crippen LogP) is 1.84. The molecule has 2 rings (SSSR count). The molecule has 0 spiro atoms. The largest absolute Gasteiger partial charge is 0.493 e. The third-order valence-corrected chi connectivity index (χ3v) is 3.31. The van der Waals surface area contributed by atoms with Gasteiger partial charge in [0.25, 0.3) is 0 Å². The smallest absolute Gasteiger partial charge is 0.163 e. The van der Waals surface area contributed by atoms with E-state index in [1.165, 1.54) is 11.3 Å². The molecule has 0 saturated heterocycles. The number of nitrogens with zero attached hydrogens (tertiary/aromatic N) is 3. The van der Waals surface area contributed by atoms with E-state index in [4.69, 9.17) is 4.74 Å². The lowest BCUT2D eigenvalue weighted by Gasteiger charge is -2.12. The fourth-order valence-electron chi connectivity index (χ4n) is 1.70. The highest BCUT2D eigenvalue weighted by Crippen LogP contribution is 2.31. The second kappa shape index (κ2) is 5.29. The molecule has 92 valence electrons. The first-order chi connectivity index (χ1) is 8.27. The second-order valence-electron chi connectivity index (χ2n) is 3.63. The van der Waals surface area contributed by atoms with Crippen LogP contribution in [-0.2, 0) is 6.54 Å². The van der Waals surface area contributed by atoms with Gasteiger partial charge in [-0.25, -0.2) is 0 Å². The van der Waals surface area contributed by atoms with Crippen molar-refractivity contribution in [2.75, 3.05) is 7.11 Å². The lowest BCUT2D eigenvalue weighted by molar-refractivity contribution is 0.205. The quantitative estimate of drug-likeness (QED) is 0.883. The lowest BCUT2D eigenvalue weighted by atomic mass is 10.2. The lowest BCUT2D eigenvalue weighted by Crippen LogP contribution is -2.10. The van der Waals surface area contributed by atoms with Crippen LogP contribution >= 0.6 is 11.3 Å². The van der Waals surface area contributed by atoms with Gasteiger partial charge < -0.3 is 9.84 Å². The molecule has 0 saturated carbocycles. The van der Waals surface area contributed by atoms with Crippen molar-refractivity contribution in [2.24, 2.45) is 0 Å². The molecule has 0 aliphatic rings. The van der Waals surface area contributed by atoms with Crippen molar-refractivity contribution in [2.45, 2.75) is 26.0 Å². The van der Waals surface area contributed by atoms with Crippen LogP contribution < -0.4 is 4.74 Å². The van der Waals surface area contributed by atoms with E-state index >= 15 is 0 Å². The Balaban J connectivity index is 2.38. The Morgan fingerprint density at radius 2 is 2.35 bits per heavy atom. The summed E-state index contributed by atoms with van der Waals surface area (Å²) < 4.78 is 7.01. The molecule has 2 aromatic rings. The highest BCUT2D eigenvalue weighted by Gasteiger charge is 2.22. The van der Waals surface area contributed by atoms with E-state index in [9.17, 15) is 5.11 Å². The minimum Gasteiger partial charge on any atom is -0.493 e. The molecule has 0 fully saturated rings. The number of aliphatic hydroxyl groups excluding tert-OH is 1. The van der Waals surface area contributed by atoms with Crippen LogP contribution in [0.25, 0.3) is 0 Å². The normalized spacial score (nSPS) is 12.6. The molecule has 1 unspecified atom stereocenters. The molecule has 0 radical (unpaired) electrons. The Bertz CT molecular complexity index is 467. The highest BCUT2D eigenvalue weighted by atomic mass is 32.1. The summed E-state index contributed by atoms with van der Waals surface area (Å²) in [4.78, 5) is 4.77. The summed E-state index contributed by atoms with van der Waals surface area (Å²) in [6.45, 7) is 2.82. The summed E-state index contributed by atoms with van der Waals surface area (Å²) in [5.74, 6) is 0.611. The zero-order valence-corrected chi connectivity index (χ0v) is 10.6. The molecule has 0 aromatic carbocycles. The van der Waals surface area contributed by atoms with Crippen LogP contribution in [0.5, 0.6) is 5.75 Å². The minimum absolute atomic E-state index is 0.611. The monoisotopic (exact) mass is 253 g/mol. The maximum atomic E-state index is 10.3. The van der Waals surface area contributed by atoms with Gasteiger partial charge in [-0.2, -0.15) is 5.10 Å². The predicted molar refractivity (Wildman–Crippen MR) is 65.2 cm³/mol. The number of hydrogen-bond donors (Lipinski definition) is 1. The van der Waals surface area contributed by atoms with E-state index in [0.29, 0.717) is 11.4 Å². The average Bonchev–Trinajstić information content (AvgIpc) is 2.97. The van der Waals surface area contributed by atoms with Gasteiger partial charge >= 0.3 is 0 Å². The topological polar surface area (TPSA) is 60.2 Å². The molecule has 0 aliphatic carbocycles. The number of ether oxygens (including phenoxy) is 1. The van der Waals surface area contributed by atoms with Crippen LogP contribution in [0.4, 0.5) is 0 Å². The SMILES string of the molecule is CCCn1ncc(OC)c1C(O)c1cncs1. The third kappa shape index (κ3) is 2.32. The summed E-state index contributed by atoms with van der Waals surface area (Å²) in [5, 5.41) is 14.5. The standard InChI is InChI=1S/C11H15N3O2S/c1-3-4-14-10(8(16-2)5-13-14)11(15)9-6-12-7-17-9/h5-7,11,15H,3-4H2,1-2H3. The van der Waals surface area contributed by atoms with Gasteiger partial charge in [-0.15, -0.1) is 11.3 Å². The first-order valence-electron chi connectivity index (χ1n) is 5.44. The van der Waals surface area contributed by atoms with Crippen molar-refractivity contribution in [3.63, 3.8) is 0 Å². The molecule has 5 nitrogen and oxygen atoms in total. The van der Waals surface area contributed by atoms with Gasteiger partial charge in [-0.3, -0.25) is 9.67 Å². The van der Waals surface area contributed by atoms with Gasteiger partial charge in [0.05, 0.1) is 23.7 Å². The summed E-state index contributed by atoms with van der Waals surface area (Å²) in [7, 11) is 1.58. The Morgan fingerprint density at radius 1 is 1.53 bits per heavy atom. The van der Waals surface area contributed by atoms with Crippen molar-refractivity contribution in [3.05, 3.63) is 28.5 Å². The number of aliphatic hydroxyl groups is 1. The Morgan fingerprint density at radius 3 is 2.94 bits per heavy atom. The zero-order chi connectivity index (χ0) is 12.3. The van der Waals surface area contributed by atoms with Crippen molar-refractivity contribution < 1.29 is 9.84 Å². The number of aryl methyl sites for hydroxylation is 1. The van der Waals surface area contributed by atoms with Gasteiger partial charge in [-0.05, 0) is 6.42 Å². The molecule has 0 aliphatic heterocycles. The molecule has 2 heterocycles. The fraction of sp³-hybridized carbons (Fsp3) is 0.455. The molecule has 0 bridgehead atoms. The Labute approximate surface area is 104 Å². The molecule has 17 heavy (non-hydrogen) atoms. The fourth-order valence-corrected chi connectivity index (χ4v) is 2.30. The van der Waals surface area contributed by atoms with Crippen molar-refractivity contribution >= 4 is 11.3 Å². The van der Waals surface area contributed by atoms with Crippen LogP contribution in [0.3, 0.4) is 0 Å². The number of thiazole rings is 1. The van der Waals surface area contributed by atoms with Gasteiger partial charge in [0.2, 0.25) is 0 Å². The number of hydrogen-bond acceptors (Lipinski definition) is 5. The van der Waals surface area contributed by atoms with Gasteiger partial charge in [-0.1, -0.05) is 6.92 Å². The van der Waals surface area contributed by atoms with Gasteiger partial charge in [0, 0.05) is 12.7 Å². The van der Waals surface area contributed by atoms with Crippen LogP contribution in [0.2, 0.25) is 0 Å². The van der Waals surface area contributed by atoms with Crippen molar-refractivity contribution in [1.29, 1.82) is 0 Å². The van der Waals surface area contributed by atoms with Gasteiger partial charge in [0.1, 0.15) is 11.8 Å². The van der Waals surface area contributed by atoms with Crippen molar-refractivity contribution in [3.8, 4) is 5.75 Å². The number of rotatable bonds is 5. The maximum absolute atomic E-state index is 10.3. The molecule has 1 atom stereocenters. The second-order valence-corrected chi connectivity index (χ2v) is 4.55. The van der Waals surface area contributed by atoms with Crippen molar-refractivity contribution in [1.82, 2.24) is 14.8 Å². The first-order valence-corrected chi connectivity index (χ1v) is 6.32. The highest BCUT2D eigenvalue weighted by molar-refractivity contribution is 7.09. The molecule has 2 aromatic heterocycles. The number of methoxy groups -OCH3 is 1. The number of aromatic nitrogens is 3. The zero-order valence-electron chi connectivity index (χ0n) is 9.83. The van der Waals surface area contributed by atoms with Crippen LogP contribution in [0, 0.1) is 0 Å². The van der Waals surface area contributed by atoms with Gasteiger partial charge in [0.15, 0.2) is 5.75 Å². The van der Waals surface area contributed by atoms with E-state index in [1.54, 1.807) is 29.7 Å². The Hall–Kier alpha value is -1.40. The average molecular weight is 253 g/mol. The summed E-state index contributed by atoms with van der Waals surface area (Å²) in [5.41, 5.74) is 2.39. The van der Waals surface area contributed by atoms with E-state index in [2.05, 4.69) is 17.0 Å². The van der Waals surface area contributed by atoms with E-state index in [0.717, 1.165) is 17.8 Å². The summed E-state index contributed by atoms with van der Waals surface area (Å²) in [6, 6.07) is 0. The van der Waals surface area contributed by atoms with Crippen LogP contribution in [0.1, 0.15) is 30.0 Å². The van der Waals surface area contributed by atoms with E-state index in [1.807, 2.05) is 0 Å². The maximum Gasteiger partial charge on any atom is 0.163 e. The van der Waals surface area contributed by atoms with E-state index < -0.39 is 6.10 Å². The molecular formula is C11H15N3O2S. The van der Waals surface area contributed by atoms with E-state index in [-0.39, 0.29) is 0 Å². The Kier molecular flexibility index (Phi) is 3.75. The summed E-state index contributed by atoms with van der Waals surface area (Å²) in [6.07, 6.45) is 3.52. The van der Waals surface area contributed by atoms with Crippen LogP contribution in [0.15, 0.2) is 17.9 Å². The van der Waals surface area contributed by atoms with Crippen LogP contribution in [-0.4, -0.2) is 27.0 Å². The molecule has 0 amide bonds. The first kappa shape index (κ1) is 12.1.